The van der Waals surface area contributed by atoms with Crippen LogP contribution in [-0.2, 0) is 0 Å². The molecule has 0 saturated heterocycles. The van der Waals surface area contributed by atoms with Crippen LogP contribution in [0.2, 0.25) is 0 Å². The first kappa shape index (κ1) is 15.9. The molecule has 0 spiro atoms. The summed E-state index contributed by atoms with van der Waals surface area (Å²) in [6, 6.07) is 8.32. The van der Waals surface area contributed by atoms with Crippen molar-refractivity contribution in [2.24, 2.45) is 5.92 Å². The van der Waals surface area contributed by atoms with Gasteiger partial charge in [-0.3, -0.25) is 4.98 Å². The van der Waals surface area contributed by atoms with Gasteiger partial charge in [-0.1, -0.05) is 26.0 Å². The molecule has 0 fully saturated rings. The highest BCUT2D eigenvalue weighted by Crippen LogP contribution is 2.35. The Labute approximate surface area is 133 Å². The van der Waals surface area contributed by atoms with E-state index >= 15 is 0 Å². The maximum absolute atomic E-state index is 9.44. The van der Waals surface area contributed by atoms with Crippen LogP contribution in [0, 0.1) is 17.2 Å². The van der Waals surface area contributed by atoms with E-state index in [0.717, 1.165) is 47.4 Å². The molecule has 1 aliphatic rings. The number of aromatic nitrogens is 1. The van der Waals surface area contributed by atoms with Crippen LogP contribution >= 0.6 is 12.6 Å². The van der Waals surface area contributed by atoms with Crippen molar-refractivity contribution in [3.63, 3.8) is 0 Å². The van der Waals surface area contributed by atoms with Gasteiger partial charge in [-0.25, -0.2) is 0 Å². The molecule has 0 radical (unpaired) electrons. The Morgan fingerprint density at radius 1 is 1.57 bits per heavy atom. The second kappa shape index (κ2) is 7.47. The van der Waals surface area contributed by atoms with Gasteiger partial charge < -0.3 is 0 Å². The third-order valence-electron chi connectivity index (χ3n) is 4.09. The number of hydrogen-bond donors (Lipinski definition) is 1. The Kier molecular flexibility index (Phi) is 5.64. The molecule has 1 heterocycles. The highest BCUT2D eigenvalue weighted by atomic mass is 32.1. The van der Waals surface area contributed by atoms with E-state index in [9.17, 15) is 5.26 Å². The van der Waals surface area contributed by atoms with Gasteiger partial charge in [0.1, 0.15) is 0 Å². The maximum atomic E-state index is 9.44. The van der Waals surface area contributed by atoms with Gasteiger partial charge in [-0.05, 0) is 54.2 Å². The lowest BCUT2D eigenvalue weighted by Gasteiger charge is -2.22. The van der Waals surface area contributed by atoms with Crippen molar-refractivity contribution in [2.45, 2.75) is 45.4 Å². The second-order valence-electron chi connectivity index (χ2n) is 5.89. The number of pyridine rings is 1. The fourth-order valence-corrected chi connectivity index (χ4v) is 3.24. The second-order valence-corrected chi connectivity index (χ2v) is 6.43. The Morgan fingerprint density at radius 2 is 2.38 bits per heavy atom. The summed E-state index contributed by atoms with van der Waals surface area (Å²) in [5.41, 5.74) is 3.02. The van der Waals surface area contributed by atoms with Gasteiger partial charge in [0.25, 0.3) is 0 Å². The third-order valence-corrected chi connectivity index (χ3v) is 4.54. The minimum absolute atomic E-state index is 0.320. The monoisotopic (exact) mass is 298 g/mol. The van der Waals surface area contributed by atoms with Gasteiger partial charge in [0, 0.05) is 17.8 Å². The first-order chi connectivity index (χ1) is 10.1. The normalized spacial score (nSPS) is 21.0. The molecule has 0 amide bonds. The Morgan fingerprint density at radius 3 is 3.00 bits per heavy atom. The van der Waals surface area contributed by atoms with Crippen LogP contribution in [-0.4, -0.2) is 4.98 Å². The highest BCUT2D eigenvalue weighted by Gasteiger charge is 2.18. The molecule has 3 heteroatoms. The van der Waals surface area contributed by atoms with E-state index in [4.69, 9.17) is 0 Å². The Hall–Kier alpha value is -1.53. The molecule has 2 nitrogen and oxygen atoms in total. The molecule has 0 aromatic carbocycles. The molecular formula is C18H22N2S. The first-order valence-corrected chi connectivity index (χ1v) is 7.99. The summed E-state index contributed by atoms with van der Waals surface area (Å²) in [5.74, 6) is 0.995. The van der Waals surface area contributed by atoms with Crippen LogP contribution in [0.25, 0.3) is 0 Å². The average molecular weight is 298 g/mol. The molecule has 0 saturated carbocycles. The summed E-state index contributed by atoms with van der Waals surface area (Å²) < 4.78 is 0. The SMILES string of the molecule is CC1CCC(/C(C#N)=C/CC(C)c2ccccn2)=C(S)C1. The Balaban J connectivity index is 2.11. The summed E-state index contributed by atoms with van der Waals surface area (Å²) in [6.45, 7) is 4.39. The van der Waals surface area contributed by atoms with Gasteiger partial charge in [-0.2, -0.15) is 5.26 Å². The van der Waals surface area contributed by atoms with Crippen LogP contribution in [0.3, 0.4) is 0 Å². The summed E-state index contributed by atoms with van der Waals surface area (Å²) in [7, 11) is 0. The van der Waals surface area contributed by atoms with Crippen molar-refractivity contribution in [3.05, 3.63) is 52.2 Å². The summed E-state index contributed by atoms with van der Waals surface area (Å²) in [4.78, 5) is 5.47. The van der Waals surface area contributed by atoms with Crippen molar-refractivity contribution >= 4 is 12.6 Å². The third kappa shape index (κ3) is 4.22. The molecule has 2 rings (SSSR count). The van der Waals surface area contributed by atoms with Crippen molar-refractivity contribution in [2.75, 3.05) is 0 Å². The lowest BCUT2D eigenvalue weighted by Crippen LogP contribution is -2.06. The van der Waals surface area contributed by atoms with Crippen molar-refractivity contribution in [1.29, 1.82) is 5.26 Å². The summed E-state index contributed by atoms with van der Waals surface area (Å²) in [6.07, 6.45) is 7.82. The first-order valence-electron chi connectivity index (χ1n) is 7.54. The number of hydrogen-bond acceptors (Lipinski definition) is 3. The largest absolute Gasteiger partial charge is 0.261 e. The van der Waals surface area contributed by atoms with Gasteiger partial charge in [-0.15, -0.1) is 12.6 Å². The lowest BCUT2D eigenvalue weighted by atomic mass is 9.86. The zero-order chi connectivity index (χ0) is 15.2. The van der Waals surface area contributed by atoms with E-state index in [2.05, 4.69) is 43.6 Å². The van der Waals surface area contributed by atoms with Crippen LogP contribution in [0.4, 0.5) is 0 Å². The topological polar surface area (TPSA) is 36.7 Å². The van der Waals surface area contributed by atoms with Gasteiger partial charge >= 0.3 is 0 Å². The van der Waals surface area contributed by atoms with Crippen LogP contribution in [0.15, 0.2) is 46.5 Å². The van der Waals surface area contributed by atoms with E-state index < -0.39 is 0 Å². The van der Waals surface area contributed by atoms with Crippen molar-refractivity contribution < 1.29 is 0 Å². The van der Waals surface area contributed by atoms with Crippen LogP contribution in [0.5, 0.6) is 0 Å². The lowest BCUT2D eigenvalue weighted by molar-refractivity contribution is 0.512. The standard InChI is InChI=1S/C18H22N2S/c1-13-6-9-16(18(21)11-13)15(12-19)8-7-14(2)17-5-3-4-10-20-17/h3-5,8,10,13-14,21H,6-7,9,11H2,1-2H3/b15-8+. The molecule has 0 bridgehead atoms. The number of allylic oxidation sites excluding steroid dienone is 4. The van der Waals surface area contributed by atoms with E-state index in [1.165, 1.54) is 0 Å². The predicted octanol–water partition coefficient (Wildman–Crippen LogP) is 5.03. The number of nitriles is 1. The van der Waals surface area contributed by atoms with Crippen molar-refractivity contribution in [1.82, 2.24) is 4.98 Å². The van der Waals surface area contributed by atoms with Gasteiger partial charge in [0.2, 0.25) is 0 Å². The van der Waals surface area contributed by atoms with Crippen LogP contribution in [0.1, 0.15) is 51.1 Å². The average Bonchev–Trinajstić information content (AvgIpc) is 2.50. The maximum Gasteiger partial charge on any atom is 0.0991 e. The molecular weight excluding hydrogens is 276 g/mol. The number of thiol groups is 1. The molecule has 21 heavy (non-hydrogen) atoms. The quantitative estimate of drug-likeness (QED) is 0.625. The zero-order valence-corrected chi connectivity index (χ0v) is 13.6. The number of nitrogens with zero attached hydrogens (tertiary/aromatic N) is 2. The molecule has 0 N–H and O–H groups in total. The molecule has 1 aliphatic carbocycles. The van der Waals surface area contributed by atoms with E-state index in [1.54, 1.807) is 0 Å². The predicted molar refractivity (Wildman–Crippen MR) is 90.0 cm³/mol. The fourth-order valence-electron chi connectivity index (χ4n) is 2.70. The number of rotatable bonds is 4. The fraction of sp³-hybridized carbons (Fsp3) is 0.444. The minimum atomic E-state index is 0.320. The van der Waals surface area contributed by atoms with Crippen LogP contribution < -0.4 is 0 Å². The molecule has 110 valence electrons. The molecule has 2 atom stereocenters. The van der Waals surface area contributed by atoms with Gasteiger partial charge in [0.15, 0.2) is 0 Å². The minimum Gasteiger partial charge on any atom is -0.261 e. The summed E-state index contributed by atoms with van der Waals surface area (Å²) >= 11 is 4.60. The highest BCUT2D eigenvalue weighted by molar-refractivity contribution is 7.84. The Bertz CT molecular complexity index is 581. The van der Waals surface area contributed by atoms with Crippen molar-refractivity contribution in [3.8, 4) is 6.07 Å². The van der Waals surface area contributed by atoms with E-state index in [-0.39, 0.29) is 0 Å². The smallest absolute Gasteiger partial charge is 0.0991 e. The van der Waals surface area contributed by atoms with Gasteiger partial charge in [0.05, 0.1) is 11.6 Å². The van der Waals surface area contributed by atoms with E-state index in [0.29, 0.717) is 11.8 Å². The molecule has 1 aromatic heterocycles. The molecule has 2 unspecified atom stereocenters. The zero-order valence-electron chi connectivity index (χ0n) is 12.7. The van der Waals surface area contributed by atoms with E-state index in [1.807, 2.05) is 24.4 Å². The molecule has 0 aliphatic heterocycles. The molecule has 1 aromatic rings. The summed E-state index contributed by atoms with van der Waals surface area (Å²) in [5, 5.41) is 9.44.